The monoisotopic (exact) mass is 287 g/mol. The third kappa shape index (κ3) is 2.37. The van der Waals surface area contributed by atoms with Crippen LogP contribution < -0.4 is 4.74 Å². The average Bonchev–Trinajstić information content (AvgIpc) is 2.93. The highest BCUT2D eigenvalue weighted by atomic mass is 16.5. The van der Waals surface area contributed by atoms with Crippen molar-refractivity contribution < 1.29 is 9.53 Å². The summed E-state index contributed by atoms with van der Waals surface area (Å²) >= 11 is 0. The van der Waals surface area contributed by atoms with Crippen molar-refractivity contribution in [3.05, 3.63) is 29.7 Å². The zero-order valence-electron chi connectivity index (χ0n) is 12.6. The van der Waals surface area contributed by atoms with Gasteiger partial charge in [0.15, 0.2) is 11.4 Å². The number of hydrogen-bond donors (Lipinski definition) is 0. The minimum atomic E-state index is 0.0901. The minimum Gasteiger partial charge on any atom is -0.493 e. The van der Waals surface area contributed by atoms with Gasteiger partial charge in [-0.3, -0.25) is 9.20 Å². The molecule has 112 valence electrons. The zero-order chi connectivity index (χ0) is 14.8. The summed E-state index contributed by atoms with van der Waals surface area (Å²) in [6.45, 7) is 3.72. The van der Waals surface area contributed by atoms with Crippen LogP contribution in [-0.4, -0.2) is 40.4 Å². The highest BCUT2D eigenvalue weighted by molar-refractivity contribution is 5.95. The van der Waals surface area contributed by atoms with E-state index in [0.29, 0.717) is 11.4 Å². The number of nitrogens with zero attached hydrogens (tertiary/aromatic N) is 3. The van der Waals surface area contributed by atoms with Crippen LogP contribution in [0.2, 0.25) is 0 Å². The van der Waals surface area contributed by atoms with Gasteiger partial charge in [-0.15, -0.1) is 0 Å². The number of carbonyl (C=O) groups excluding carboxylic acids is 1. The number of hydrogen-bond acceptors (Lipinski definition) is 3. The molecule has 5 nitrogen and oxygen atoms in total. The van der Waals surface area contributed by atoms with Gasteiger partial charge in [-0.1, -0.05) is 6.92 Å². The van der Waals surface area contributed by atoms with E-state index in [9.17, 15) is 4.79 Å². The number of aromatic nitrogens is 2. The summed E-state index contributed by atoms with van der Waals surface area (Å²) in [5, 5.41) is 0. The van der Waals surface area contributed by atoms with Gasteiger partial charge in [0.1, 0.15) is 5.69 Å². The molecule has 1 fully saturated rings. The lowest BCUT2D eigenvalue weighted by Crippen LogP contribution is -2.36. The fourth-order valence-corrected chi connectivity index (χ4v) is 2.97. The second-order valence-corrected chi connectivity index (χ2v) is 5.38. The fourth-order valence-electron chi connectivity index (χ4n) is 2.97. The van der Waals surface area contributed by atoms with E-state index in [1.54, 1.807) is 7.11 Å². The number of imidazole rings is 1. The molecule has 0 spiro atoms. The molecule has 0 N–H and O–H groups in total. The molecular weight excluding hydrogens is 266 g/mol. The number of aryl methyl sites for hydroxylation is 1. The second-order valence-electron chi connectivity index (χ2n) is 5.38. The third-order valence-corrected chi connectivity index (χ3v) is 4.09. The number of ether oxygens (including phenoxy) is 1. The summed E-state index contributed by atoms with van der Waals surface area (Å²) in [6.07, 6.45) is 6.02. The average molecular weight is 287 g/mol. The first kappa shape index (κ1) is 13.9. The Kier molecular flexibility index (Phi) is 3.82. The van der Waals surface area contributed by atoms with Gasteiger partial charge in [0.2, 0.25) is 0 Å². The molecule has 1 aliphatic rings. The van der Waals surface area contributed by atoms with Crippen molar-refractivity contribution in [3.8, 4) is 5.75 Å². The quantitative estimate of drug-likeness (QED) is 0.871. The van der Waals surface area contributed by atoms with E-state index in [1.807, 2.05) is 34.6 Å². The summed E-state index contributed by atoms with van der Waals surface area (Å²) < 4.78 is 7.23. The Balaban J connectivity index is 2.09. The predicted molar refractivity (Wildman–Crippen MR) is 80.9 cm³/mol. The lowest BCUT2D eigenvalue weighted by Gasteiger charge is -2.26. The molecule has 3 heterocycles. The molecular formula is C16H21N3O2. The van der Waals surface area contributed by atoms with E-state index >= 15 is 0 Å². The SMILES string of the molecule is CCc1nc2c(OC)cccn2c1C(=O)N1CCCCC1. The Morgan fingerprint density at radius 3 is 2.76 bits per heavy atom. The number of piperidine rings is 1. The van der Waals surface area contributed by atoms with E-state index in [2.05, 4.69) is 4.98 Å². The van der Waals surface area contributed by atoms with Crippen molar-refractivity contribution >= 4 is 11.6 Å². The summed E-state index contributed by atoms with van der Waals surface area (Å²) in [6, 6.07) is 3.76. The number of methoxy groups -OCH3 is 1. The minimum absolute atomic E-state index is 0.0901. The Labute approximate surface area is 124 Å². The van der Waals surface area contributed by atoms with Gasteiger partial charge in [-0.05, 0) is 37.8 Å². The highest BCUT2D eigenvalue weighted by Crippen LogP contribution is 2.24. The smallest absolute Gasteiger partial charge is 0.272 e. The molecule has 0 atom stereocenters. The topological polar surface area (TPSA) is 46.8 Å². The molecule has 0 aromatic carbocycles. The van der Waals surface area contributed by atoms with Gasteiger partial charge >= 0.3 is 0 Å². The van der Waals surface area contributed by atoms with Crippen molar-refractivity contribution in [1.82, 2.24) is 14.3 Å². The Morgan fingerprint density at radius 1 is 1.33 bits per heavy atom. The van der Waals surface area contributed by atoms with Crippen molar-refractivity contribution in [2.45, 2.75) is 32.6 Å². The number of carbonyl (C=O) groups is 1. The number of pyridine rings is 1. The molecule has 0 saturated carbocycles. The summed E-state index contributed by atoms with van der Waals surface area (Å²) in [5.74, 6) is 0.789. The van der Waals surface area contributed by atoms with Crippen LogP contribution in [0.15, 0.2) is 18.3 Å². The molecule has 0 unspecified atom stereocenters. The maximum Gasteiger partial charge on any atom is 0.272 e. The van der Waals surface area contributed by atoms with Gasteiger partial charge in [0.05, 0.1) is 12.8 Å². The molecule has 21 heavy (non-hydrogen) atoms. The summed E-state index contributed by atoms with van der Waals surface area (Å²) in [4.78, 5) is 19.4. The Bertz CT molecular complexity index is 657. The largest absolute Gasteiger partial charge is 0.493 e. The molecule has 1 amide bonds. The molecule has 0 bridgehead atoms. The molecule has 3 rings (SSSR count). The van der Waals surface area contributed by atoms with Crippen LogP contribution in [-0.2, 0) is 6.42 Å². The zero-order valence-corrected chi connectivity index (χ0v) is 12.6. The van der Waals surface area contributed by atoms with Crippen LogP contribution in [0.4, 0.5) is 0 Å². The van der Waals surface area contributed by atoms with E-state index < -0.39 is 0 Å². The molecule has 5 heteroatoms. The summed E-state index contributed by atoms with van der Waals surface area (Å²) in [5.41, 5.74) is 2.25. The van der Waals surface area contributed by atoms with Crippen LogP contribution in [0.5, 0.6) is 5.75 Å². The fraction of sp³-hybridized carbons (Fsp3) is 0.500. The van der Waals surface area contributed by atoms with Gasteiger partial charge < -0.3 is 9.64 Å². The van der Waals surface area contributed by atoms with E-state index in [1.165, 1.54) is 6.42 Å². The van der Waals surface area contributed by atoms with E-state index in [-0.39, 0.29) is 5.91 Å². The van der Waals surface area contributed by atoms with E-state index in [4.69, 9.17) is 4.74 Å². The maximum atomic E-state index is 12.9. The molecule has 2 aromatic rings. The van der Waals surface area contributed by atoms with Crippen molar-refractivity contribution in [2.24, 2.45) is 0 Å². The van der Waals surface area contributed by atoms with Crippen molar-refractivity contribution in [2.75, 3.05) is 20.2 Å². The van der Waals surface area contributed by atoms with Crippen molar-refractivity contribution in [3.63, 3.8) is 0 Å². The molecule has 0 radical (unpaired) electrons. The summed E-state index contributed by atoms with van der Waals surface area (Å²) in [7, 11) is 1.63. The standard InChI is InChI=1S/C16H21N3O2/c1-3-12-14(16(20)18-9-5-4-6-10-18)19-11-7-8-13(21-2)15(19)17-12/h7-8,11H,3-6,9-10H2,1-2H3. The van der Waals surface area contributed by atoms with Gasteiger partial charge in [0.25, 0.3) is 5.91 Å². The molecule has 1 saturated heterocycles. The Hall–Kier alpha value is -2.04. The van der Waals surface area contributed by atoms with Gasteiger partial charge in [0, 0.05) is 19.3 Å². The van der Waals surface area contributed by atoms with Gasteiger partial charge in [-0.2, -0.15) is 0 Å². The van der Waals surface area contributed by atoms with Crippen molar-refractivity contribution in [1.29, 1.82) is 0 Å². The lowest BCUT2D eigenvalue weighted by atomic mass is 10.1. The van der Waals surface area contributed by atoms with E-state index in [0.717, 1.165) is 43.7 Å². The molecule has 0 aliphatic carbocycles. The number of likely N-dealkylation sites (tertiary alicyclic amines) is 1. The number of rotatable bonds is 3. The first-order valence-electron chi connectivity index (χ1n) is 7.59. The maximum absolute atomic E-state index is 12.9. The second kappa shape index (κ2) is 5.76. The van der Waals surface area contributed by atoms with Crippen LogP contribution in [0, 0.1) is 0 Å². The first-order valence-corrected chi connectivity index (χ1v) is 7.59. The predicted octanol–water partition coefficient (Wildman–Crippen LogP) is 2.53. The van der Waals surface area contributed by atoms with Crippen LogP contribution in [0.1, 0.15) is 42.4 Å². The molecule has 1 aliphatic heterocycles. The van der Waals surface area contributed by atoms with Crippen LogP contribution in [0.25, 0.3) is 5.65 Å². The van der Waals surface area contributed by atoms with Crippen LogP contribution in [0.3, 0.4) is 0 Å². The number of fused-ring (bicyclic) bond motifs is 1. The molecule has 2 aromatic heterocycles. The van der Waals surface area contributed by atoms with Crippen LogP contribution >= 0.6 is 0 Å². The normalized spacial score (nSPS) is 15.4. The Morgan fingerprint density at radius 2 is 2.10 bits per heavy atom. The lowest BCUT2D eigenvalue weighted by molar-refractivity contribution is 0.0716. The van der Waals surface area contributed by atoms with Gasteiger partial charge in [-0.25, -0.2) is 4.98 Å². The number of amides is 1. The highest BCUT2D eigenvalue weighted by Gasteiger charge is 2.25. The third-order valence-electron chi connectivity index (χ3n) is 4.09. The first-order chi connectivity index (χ1) is 10.3.